The zero-order chi connectivity index (χ0) is 24.2. The van der Waals surface area contributed by atoms with Crippen LogP contribution in [0.4, 0.5) is 13.2 Å². The van der Waals surface area contributed by atoms with Gasteiger partial charge in [0.2, 0.25) is 0 Å². The lowest BCUT2D eigenvalue weighted by Crippen LogP contribution is -2.29. The van der Waals surface area contributed by atoms with Gasteiger partial charge in [-0.25, -0.2) is 9.48 Å². The maximum Gasteiger partial charge on any atom is 0.416 e. The average molecular weight is 458 g/mol. The molecule has 2 aromatic carbocycles. The maximum absolute atomic E-state index is 13.1. The Hall–Kier alpha value is -3.95. The van der Waals surface area contributed by atoms with Gasteiger partial charge < -0.3 is 10.4 Å². The first-order chi connectivity index (χ1) is 15.6. The summed E-state index contributed by atoms with van der Waals surface area (Å²) in [5.74, 6) is -1.53. The van der Waals surface area contributed by atoms with Crippen LogP contribution in [-0.4, -0.2) is 32.0 Å². The largest absolute Gasteiger partial charge is 0.478 e. The van der Waals surface area contributed by atoms with Gasteiger partial charge in [-0.2, -0.15) is 13.2 Å². The van der Waals surface area contributed by atoms with E-state index in [4.69, 9.17) is 5.11 Å². The number of alkyl halides is 3. The fraction of sp³-hybridized carbons (Fsp3) is 0.217. The fourth-order valence-corrected chi connectivity index (χ4v) is 3.18. The predicted molar refractivity (Wildman–Crippen MR) is 115 cm³/mol. The third-order valence-corrected chi connectivity index (χ3v) is 4.92. The number of aromatic nitrogens is 3. The number of nitrogens with zero attached hydrogens (tertiary/aromatic N) is 3. The average Bonchev–Trinajstić information content (AvgIpc) is 3.16. The second-order valence-electron chi connectivity index (χ2n) is 7.30. The predicted octanol–water partition coefficient (Wildman–Crippen LogP) is 4.57. The van der Waals surface area contributed by atoms with E-state index in [1.165, 1.54) is 28.9 Å². The molecule has 0 fully saturated rings. The summed E-state index contributed by atoms with van der Waals surface area (Å²) in [5, 5.41) is 19.9. The third-order valence-electron chi connectivity index (χ3n) is 4.92. The Morgan fingerprint density at radius 1 is 1.12 bits per heavy atom. The van der Waals surface area contributed by atoms with Crippen molar-refractivity contribution in [2.75, 3.05) is 0 Å². The molecular weight excluding hydrogens is 437 g/mol. The Balaban J connectivity index is 1.83. The molecule has 33 heavy (non-hydrogen) atoms. The first-order valence-electron chi connectivity index (χ1n) is 9.96. The van der Waals surface area contributed by atoms with Crippen LogP contribution in [-0.2, 0) is 12.7 Å². The number of carboxylic acid groups (broad SMARTS) is 1. The molecule has 0 aliphatic rings. The number of rotatable bonds is 7. The van der Waals surface area contributed by atoms with E-state index in [1.54, 1.807) is 38.1 Å². The number of allylic oxidation sites excluding steroid dienone is 1. The highest BCUT2D eigenvalue weighted by Crippen LogP contribution is 2.29. The fourth-order valence-electron chi connectivity index (χ4n) is 3.18. The quantitative estimate of drug-likeness (QED) is 0.541. The molecule has 1 unspecified atom stereocenters. The molecule has 0 spiro atoms. The number of amides is 1. The van der Waals surface area contributed by atoms with Crippen LogP contribution in [0.3, 0.4) is 0 Å². The second kappa shape index (κ2) is 9.68. The monoisotopic (exact) mass is 458 g/mol. The van der Waals surface area contributed by atoms with Gasteiger partial charge in [-0.15, -0.1) is 5.10 Å². The molecule has 1 atom stereocenters. The summed E-state index contributed by atoms with van der Waals surface area (Å²) >= 11 is 0. The summed E-state index contributed by atoms with van der Waals surface area (Å²) in [4.78, 5) is 24.1. The molecule has 1 aromatic heterocycles. The van der Waals surface area contributed by atoms with Gasteiger partial charge in [0.15, 0.2) is 5.69 Å². The van der Waals surface area contributed by atoms with Crippen LogP contribution in [0, 0.1) is 0 Å². The molecule has 0 aliphatic heterocycles. The maximum atomic E-state index is 13.1. The van der Waals surface area contributed by atoms with Crippen molar-refractivity contribution >= 4 is 18.0 Å². The molecule has 0 bridgehead atoms. The van der Waals surface area contributed by atoms with Gasteiger partial charge >= 0.3 is 12.1 Å². The molecule has 0 saturated heterocycles. The molecule has 7 nitrogen and oxygen atoms in total. The third kappa shape index (κ3) is 5.65. The minimum absolute atomic E-state index is 0.0487. The minimum atomic E-state index is -4.44. The number of hydrogen-bond acceptors (Lipinski definition) is 4. The summed E-state index contributed by atoms with van der Waals surface area (Å²) in [6, 6.07) is 10.3. The highest BCUT2D eigenvalue weighted by Gasteiger charge is 2.30. The number of benzene rings is 2. The normalized spacial score (nSPS) is 12.6. The zero-order valence-corrected chi connectivity index (χ0v) is 17.8. The topological polar surface area (TPSA) is 97.1 Å². The van der Waals surface area contributed by atoms with E-state index in [2.05, 4.69) is 15.6 Å². The summed E-state index contributed by atoms with van der Waals surface area (Å²) in [6.45, 7) is 3.54. The Morgan fingerprint density at radius 3 is 2.30 bits per heavy atom. The van der Waals surface area contributed by atoms with Crippen molar-refractivity contribution in [3.63, 3.8) is 0 Å². The standard InChI is InChI=1S/C23H21F3N4O3/c1-3-4-19-20(21(31)27-14(2)16-7-9-17(10-8-16)22(32)33)30(29-28-19)13-15-5-11-18(12-6-15)23(24,25)26/h3-12,14H,13H2,1-2H3,(H,27,31)(H,32,33). The number of nitrogens with one attached hydrogen (secondary N) is 1. The van der Waals surface area contributed by atoms with Gasteiger partial charge in [-0.05, 0) is 55.3 Å². The molecule has 1 amide bonds. The van der Waals surface area contributed by atoms with Crippen molar-refractivity contribution in [3.8, 4) is 0 Å². The van der Waals surface area contributed by atoms with Crippen LogP contribution in [0.25, 0.3) is 6.08 Å². The van der Waals surface area contributed by atoms with E-state index in [9.17, 15) is 22.8 Å². The number of halogens is 3. The van der Waals surface area contributed by atoms with Crippen molar-refractivity contribution in [1.29, 1.82) is 0 Å². The van der Waals surface area contributed by atoms with Gasteiger partial charge in [0.05, 0.1) is 23.7 Å². The Morgan fingerprint density at radius 2 is 1.76 bits per heavy atom. The SMILES string of the molecule is CC=Cc1nnn(Cc2ccc(C(F)(F)F)cc2)c1C(=O)NC(C)c1ccc(C(=O)O)cc1. The second-order valence-corrected chi connectivity index (χ2v) is 7.30. The summed E-state index contributed by atoms with van der Waals surface area (Å²) in [6.07, 6.45) is -1.14. The van der Waals surface area contributed by atoms with Crippen molar-refractivity contribution in [1.82, 2.24) is 20.3 Å². The Labute approximate surface area is 187 Å². The number of carbonyl (C=O) groups excluding carboxylic acids is 1. The van der Waals surface area contributed by atoms with Crippen LogP contribution in [0.2, 0.25) is 0 Å². The molecule has 0 aliphatic carbocycles. The zero-order valence-electron chi connectivity index (χ0n) is 17.8. The molecule has 2 N–H and O–H groups in total. The van der Waals surface area contributed by atoms with Gasteiger partial charge in [-0.3, -0.25) is 4.79 Å². The van der Waals surface area contributed by atoms with E-state index < -0.39 is 29.7 Å². The first-order valence-corrected chi connectivity index (χ1v) is 9.96. The summed E-state index contributed by atoms with van der Waals surface area (Å²) < 4.78 is 39.8. The number of carbonyl (C=O) groups is 2. The highest BCUT2D eigenvalue weighted by molar-refractivity contribution is 5.95. The van der Waals surface area contributed by atoms with Crippen molar-refractivity contribution in [2.45, 2.75) is 32.6 Å². The van der Waals surface area contributed by atoms with Gasteiger partial charge in [0, 0.05) is 0 Å². The number of hydrogen-bond donors (Lipinski definition) is 2. The smallest absolute Gasteiger partial charge is 0.416 e. The molecule has 172 valence electrons. The van der Waals surface area contributed by atoms with Gasteiger partial charge in [0.1, 0.15) is 5.69 Å². The highest BCUT2D eigenvalue weighted by atomic mass is 19.4. The molecule has 0 saturated carbocycles. The lowest BCUT2D eigenvalue weighted by molar-refractivity contribution is -0.137. The molecule has 10 heteroatoms. The van der Waals surface area contributed by atoms with Crippen LogP contribution in [0.15, 0.2) is 54.6 Å². The van der Waals surface area contributed by atoms with E-state index in [0.29, 0.717) is 16.8 Å². The van der Waals surface area contributed by atoms with Crippen molar-refractivity contribution < 1.29 is 27.9 Å². The van der Waals surface area contributed by atoms with E-state index >= 15 is 0 Å². The summed E-state index contributed by atoms with van der Waals surface area (Å²) in [5.41, 5.74) is 1.05. The lowest BCUT2D eigenvalue weighted by Gasteiger charge is -2.15. The molecule has 1 heterocycles. The molecule has 3 rings (SSSR count). The molecule has 0 radical (unpaired) electrons. The summed E-state index contributed by atoms with van der Waals surface area (Å²) in [7, 11) is 0. The van der Waals surface area contributed by atoms with Crippen LogP contribution in [0.5, 0.6) is 0 Å². The van der Waals surface area contributed by atoms with E-state index in [0.717, 1.165) is 12.1 Å². The van der Waals surface area contributed by atoms with E-state index in [-0.39, 0.29) is 17.8 Å². The first kappa shape index (κ1) is 23.7. The van der Waals surface area contributed by atoms with Gasteiger partial charge in [-0.1, -0.05) is 35.6 Å². The lowest BCUT2D eigenvalue weighted by atomic mass is 10.1. The van der Waals surface area contributed by atoms with Crippen LogP contribution >= 0.6 is 0 Å². The van der Waals surface area contributed by atoms with Gasteiger partial charge in [0.25, 0.3) is 5.91 Å². The van der Waals surface area contributed by atoms with Crippen molar-refractivity contribution in [3.05, 3.63) is 88.2 Å². The van der Waals surface area contributed by atoms with Crippen LogP contribution < -0.4 is 5.32 Å². The molecule has 3 aromatic rings. The number of aromatic carboxylic acids is 1. The Kier molecular flexibility index (Phi) is 6.95. The van der Waals surface area contributed by atoms with Crippen molar-refractivity contribution in [2.24, 2.45) is 0 Å². The molecular formula is C23H21F3N4O3. The van der Waals surface area contributed by atoms with Crippen LogP contribution in [0.1, 0.15) is 63.1 Å². The minimum Gasteiger partial charge on any atom is -0.478 e. The Bertz CT molecular complexity index is 1170. The van der Waals surface area contributed by atoms with E-state index in [1.807, 2.05) is 0 Å². The number of carboxylic acids is 1.